The third-order valence-electron chi connectivity index (χ3n) is 6.02. The van der Waals surface area contributed by atoms with Crippen LogP contribution in [0.5, 0.6) is 0 Å². The minimum Gasteiger partial charge on any atom is -0.468 e. The van der Waals surface area contributed by atoms with Crippen LogP contribution < -0.4 is 16.2 Å². The van der Waals surface area contributed by atoms with Gasteiger partial charge < -0.3 is 20.1 Å². The van der Waals surface area contributed by atoms with Gasteiger partial charge in [0.25, 0.3) is 11.5 Å². The number of alkyl carbamates (subject to hydrolysis) is 1. The number of nitrogens with zero attached hydrogens (tertiary/aromatic N) is 3. The molecule has 0 aliphatic heterocycles. The van der Waals surface area contributed by atoms with Crippen molar-refractivity contribution >= 4 is 23.5 Å². The highest BCUT2D eigenvalue weighted by atomic mass is 16.6. The molecule has 2 heterocycles. The van der Waals surface area contributed by atoms with Crippen LogP contribution in [0.2, 0.25) is 0 Å². The predicted octanol–water partition coefficient (Wildman–Crippen LogP) is 3.32. The summed E-state index contributed by atoms with van der Waals surface area (Å²) in [7, 11) is 1.25. The third kappa shape index (κ3) is 7.68. The number of fused-ring (bicyclic) bond motifs is 1. The number of ether oxygens (including phenoxy) is 2. The summed E-state index contributed by atoms with van der Waals surface area (Å²) < 4.78 is 12.7. The van der Waals surface area contributed by atoms with Gasteiger partial charge >= 0.3 is 12.1 Å². The average molecular weight is 540 g/mol. The fourth-order valence-electron chi connectivity index (χ4n) is 4.16. The van der Waals surface area contributed by atoms with E-state index in [1.807, 2.05) is 26.0 Å². The van der Waals surface area contributed by atoms with Gasteiger partial charge in [0.15, 0.2) is 5.82 Å². The Morgan fingerprint density at radius 3 is 2.56 bits per heavy atom. The minimum atomic E-state index is -0.648. The average Bonchev–Trinajstić information content (AvgIpc) is 3.34. The number of nitrogens with one attached hydrogen (secondary N) is 2. The molecule has 11 nitrogen and oxygen atoms in total. The van der Waals surface area contributed by atoms with Crippen molar-refractivity contribution in [2.24, 2.45) is 0 Å². The van der Waals surface area contributed by atoms with Gasteiger partial charge in [0, 0.05) is 18.3 Å². The van der Waals surface area contributed by atoms with E-state index in [9.17, 15) is 19.2 Å². The van der Waals surface area contributed by atoms with Gasteiger partial charge in [-0.2, -0.15) is 5.10 Å². The van der Waals surface area contributed by atoms with E-state index in [0.717, 1.165) is 11.1 Å². The zero-order valence-corrected chi connectivity index (χ0v) is 23.4. The fraction of sp³-hybridized carbons (Fsp3) is 0.464. The second kappa shape index (κ2) is 12.6. The first kappa shape index (κ1) is 29.4. The number of esters is 1. The van der Waals surface area contributed by atoms with Gasteiger partial charge in [-0.25, -0.2) is 9.31 Å². The molecule has 0 saturated carbocycles. The summed E-state index contributed by atoms with van der Waals surface area (Å²) in [6, 6.07) is 8.22. The van der Waals surface area contributed by atoms with E-state index >= 15 is 0 Å². The monoisotopic (exact) mass is 539 g/mol. The van der Waals surface area contributed by atoms with Crippen molar-refractivity contribution in [3.8, 4) is 0 Å². The first-order chi connectivity index (χ1) is 18.4. The number of benzene rings is 1. The Kier molecular flexibility index (Phi) is 9.50. The molecule has 0 aliphatic rings. The Morgan fingerprint density at radius 2 is 1.90 bits per heavy atom. The third-order valence-corrected chi connectivity index (χ3v) is 6.02. The summed E-state index contributed by atoms with van der Waals surface area (Å²) in [5.74, 6) is -0.679. The first-order valence-corrected chi connectivity index (χ1v) is 13.0. The van der Waals surface area contributed by atoms with Crippen molar-refractivity contribution < 1.29 is 23.9 Å². The van der Waals surface area contributed by atoms with Crippen molar-refractivity contribution in [3.63, 3.8) is 0 Å². The lowest BCUT2D eigenvalue weighted by atomic mass is 9.99. The predicted molar refractivity (Wildman–Crippen MR) is 146 cm³/mol. The Morgan fingerprint density at radius 1 is 1.15 bits per heavy atom. The van der Waals surface area contributed by atoms with E-state index in [0.29, 0.717) is 36.9 Å². The molecule has 2 N–H and O–H groups in total. The fourth-order valence-corrected chi connectivity index (χ4v) is 4.16. The molecule has 210 valence electrons. The summed E-state index contributed by atoms with van der Waals surface area (Å²) in [4.78, 5) is 50.7. The zero-order chi connectivity index (χ0) is 28.7. The molecular weight excluding hydrogens is 502 g/mol. The maximum atomic E-state index is 13.5. The molecule has 1 unspecified atom stereocenters. The van der Waals surface area contributed by atoms with Crippen LogP contribution in [-0.4, -0.2) is 51.4 Å². The maximum absolute atomic E-state index is 13.5. The number of carbonyl (C=O) groups excluding carboxylic acids is 3. The number of aromatic nitrogens is 3. The number of amides is 2. The topological polar surface area (TPSA) is 133 Å². The number of rotatable bonds is 10. The quantitative estimate of drug-likeness (QED) is 0.298. The van der Waals surface area contributed by atoms with Crippen LogP contribution in [0.25, 0.3) is 5.52 Å². The van der Waals surface area contributed by atoms with E-state index < -0.39 is 29.3 Å². The van der Waals surface area contributed by atoms with Crippen LogP contribution >= 0.6 is 0 Å². The molecule has 11 heteroatoms. The molecule has 2 aromatic heterocycles. The summed E-state index contributed by atoms with van der Waals surface area (Å²) in [5, 5.41) is 10.3. The van der Waals surface area contributed by atoms with Crippen molar-refractivity contribution in [1.29, 1.82) is 0 Å². The normalized spacial score (nSPS) is 12.2. The standard InChI is InChI=1S/C28H37N5O6/c1-7-21(24-31-33-15-9-11-22(33)26(36)32(24)17-23(34)38-6)30-25(35)20-13-12-18(2)16-19(20)10-8-14-29-27(37)39-28(3,4)5/h9,11-13,15-16,21H,7-8,10,14,17H2,1-6H3,(H,29,37)(H,30,35). The number of aryl methyl sites for hydroxylation is 2. The molecule has 1 aromatic carbocycles. The van der Waals surface area contributed by atoms with E-state index in [-0.39, 0.29) is 18.3 Å². The van der Waals surface area contributed by atoms with E-state index in [1.165, 1.54) is 16.2 Å². The molecular formula is C28H37N5O6. The molecule has 2 amide bonds. The molecule has 0 bridgehead atoms. The number of hydrogen-bond donors (Lipinski definition) is 2. The highest BCUT2D eigenvalue weighted by Crippen LogP contribution is 2.19. The van der Waals surface area contributed by atoms with E-state index in [2.05, 4.69) is 15.7 Å². The molecule has 1 atom stereocenters. The summed E-state index contributed by atoms with van der Waals surface area (Å²) >= 11 is 0. The number of hydrogen-bond acceptors (Lipinski definition) is 7. The van der Waals surface area contributed by atoms with Gasteiger partial charge in [0.1, 0.15) is 17.7 Å². The van der Waals surface area contributed by atoms with Gasteiger partial charge in [-0.05, 0) is 70.7 Å². The SMILES string of the molecule is CCC(NC(=O)c1ccc(C)cc1CCCNC(=O)OC(C)(C)C)c1nn2cccc2c(=O)n1CC(=O)OC. The second-order valence-electron chi connectivity index (χ2n) is 10.3. The van der Waals surface area contributed by atoms with E-state index in [1.54, 1.807) is 45.2 Å². The van der Waals surface area contributed by atoms with Gasteiger partial charge in [-0.15, -0.1) is 0 Å². The van der Waals surface area contributed by atoms with Crippen LogP contribution in [0.4, 0.5) is 4.79 Å². The van der Waals surface area contributed by atoms with Gasteiger partial charge in [0.2, 0.25) is 0 Å². The second-order valence-corrected chi connectivity index (χ2v) is 10.3. The number of methoxy groups -OCH3 is 1. The van der Waals surface area contributed by atoms with Crippen LogP contribution in [0, 0.1) is 6.92 Å². The Labute approximate surface area is 227 Å². The lowest BCUT2D eigenvalue weighted by Gasteiger charge is -2.21. The lowest BCUT2D eigenvalue weighted by Crippen LogP contribution is -2.37. The highest BCUT2D eigenvalue weighted by molar-refractivity contribution is 5.96. The molecule has 0 spiro atoms. The van der Waals surface area contributed by atoms with Crippen molar-refractivity contribution in [3.05, 3.63) is 69.4 Å². The van der Waals surface area contributed by atoms with Gasteiger partial charge in [-0.3, -0.25) is 19.0 Å². The molecule has 0 radical (unpaired) electrons. The highest BCUT2D eigenvalue weighted by Gasteiger charge is 2.24. The Bertz CT molecular complexity index is 1400. The van der Waals surface area contributed by atoms with Crippen LogP contribution in [0.3, 0.4) is 0 Å². The largest absolute Gasteiger partial charge is 0.468 e. The number of carbonyl (C=O) groups is 3. The zero-order valence-electron chi connectivity index (χ0n) is 23.4. The summed E-state index contributed by atoms with van der Waals surface area (Å²) in [6.07, 6.45) is 2.73. The summed E-state index contributed by atoms with van der Waals surface area (Å²) in [6.45, 7) is 9.27. The molecule has 3 rings (SSSR count). The maximum Gasteiger partial charge on any atom is 0.407 e. The van der Waals surface area contributed by atoms with Crippen molar-refractivity contribution in [2.45, 2.75) is 72.1 Å². The molecule has 0 aliphatic carbocycles. The molecule has 0 saturated heterocycles. The minimum absolute atomic E-state index is 0.250. The summed E-state index contributed by atoms with van der Waals surface area (Å²) in [5.41, 5.74) is 1.64. The lowest BCUT2D eigenvalue weighted by molar-refractivity contribution is -0.141. The van der Waals surface area contributed by atoms with Crippen LogP contribution in [0.15, 0.2) is 41.3 Å². The molecule has 0 fully saturated rings. The molecule has 39 heavy (non-hydrogen) atoms. The first-order valence-electron chi connectivity index (χ1n) is 13.0. The smallest absolute Gasteiger partial charge is 0.407 e. The van der Waals surface area contributed by atoms with E-state index in [4.69, 9.17) is 9.47 Å². The van der Waals surface area contributed by atoms with Gasteiger partial charge in [-0.1, -0.05) is 24.6 Å². The molecule has 3 aromatic rings. The van der Waals surface area contributed by atoms with Crippen LogP contribution in [0.1, 0.15) is 73.9 Å². The Hall–Kier alpha value is -4.15. The van der Waals surface area contributed by atoms with Gasteiger partial charge in [0.05, 0.1) is 13.2 Å². The van der Waals surface area contributed by atoms with Crippen LogP contribution in [-0.2, 0) is 27.2 Å². The van der Waals surface area contributed by atoms with Crippen molar-refractivity contribution in [1.82, 2.24) is 24.8 Å². The van der Waals surface area contributed by atoms with Crippen molar-refractivity contribution in [2.75, 3.05) is 13.7 Å². The Balaban J connectivity index is 1.81.